The van der Waals surface area contributed by atoms with Gasteiger partial charge in [0.1, 0.15) is 5.75 Å². The monoisotopic (exact) mass is 424 g/mol. The molecule has 0 aliphatic carbocycles. The summed E-state index contributed by atoms with van der Waals surface area (Å²) in [5.74, 6) is 0.363. The molecule has 0 aromatic heterocycles. The molecule has 150 valence electrons. The number of rotatable bonds is 16. The second-order valence-electron chi connectivity index (χ2n) is 7.89. The molecule has 26 heavy (non-hydrogen) atoms. The molecule has 1 unspecified atom stereocenters. The van der Waals surface area contributed by atoms with Crippen LogP contribution in [0.3, 0.4) is 0 Å². The van der Waals surface area contributed by atoms with Crippen LogP contribution in [0, 0.1) is 6.92 Å². The highest BCUT2D eigenvalue weighted by Gasteiger charge is 2.10. The Labute approximate surface area is 171 Å². The van der Waals surface area contributed by atoms with Gasteiger partial charge in [0.15, 0.2) is 0 Å². The minimum Gasteiger partial charge on any atom is -0.508 e. The average Bonchev–Trinajstić information content (AvgIpc) is 2.61. The van der Waals surface area contributed by atoms with Gasteiger partial charge in [-0.15, -0.1) is 0 Å². The maximum Gasteiger partial charge on any atom is 0.115 e. The Balaban J connectivity index is 1.90. The van der Waals surface area contributed by atoms with E-state index in [1.807, 2.05) is 12.1 Å². The van der Waals surface area contributed by atoms with Gasteiger partial charge in [0, 0.05) is 4.83 Å². The molecule has 0 spiro atoms. The van der Waals surface area contributed by atoms with Gasteiger partial charge in [-0.05, 0) is 36.6 Å². The van der Waals surface area contributed by atoms with Crippen molar-refractivity contribution in [3.63, 3.8) is 0 Å². The van der Waals surface area contributed by atoms with Gasteiger partial charge in [0.2, 0.25) is 0 Å². The SMILES string of the molecule is CCCCCCCCCCCCCCCCC(Br)c1ccc(O)cc1C. The number of aromatic hydroxyl groups is 1. The first-order chi connectivity index (χ1) is 12.6. The van der Waals surface area contributed by atoms with Crippen molar-refractivity contribution in [2.75, 3.05) is 0 Å². The van der Waals surface area contributed by atoms with Crippen molar-refractivity contribution >= 4 is 15.9 Å². The first-order valence-electron chi connectivity index (χ1n) is 11.1. The van der Waals surface area contributed by atoms with E-state index < -0.39 is 0 Å². The van der Waals surface area contributed by atoms with Crippen molar-refractivity contribution in [1.29, 1.82) is 0 Å². The Morgan fingerprint density at radius 3 is 1.69 bits per heavy atom. The molecule has 1 nitrogen and oxygen atoms in total. The summed E-state index contributed by atoms with van der Waals surface area (Å²) in [6.45, 7) is 4.36. The minimum absolute atomic E-state index is 0.363. The zero-order valence-electron chi connectivity index (χ0n) is 17.2. The number of hydrogen-bond donors (Lipinski definition) is 1. The lowest BCUT2D eigenvalue weighted by molar-refractivity contribution is 0.474. The molecule has 0 aliphatic rings. The van der Waals surface area contributed by atoms with Crippen LogP contribution in [0.4, 0.5) is 0 Å². The smallest absolute Gasteiger partial charge is 0.115 e. The lowest BCUT2D eigenvalue weighted by atomic mass is 10.0. The summed E-state index contributed by atoms with van der Waals surface area (Å²) in [5.41, 5.74) is 2.50. The fourth-order valence-electron chi connectivity index (χ4n) is 3.68. The van der Waals surface area contributed by atoms with Crippen molar-refractivity contribution in [3.05, 3.63) is 29.3 Å². The van der Waals surface area contributed by atoms with E-state index in [9.17, 15) is 5.11 Å². The zero-order chi connectivity index (χ0) is 19.0. The summed E-state index contributed by atoms with van der Waals surface area (Å²) < 4.78 is 0. The van der Waals surface area contributed by atoms with Crippen LogP contribution in [-0.2, 0) is 0 Å². The van der Waals surface area contributed by atoms with E-state index in [1.54, 1.807) is 6.07 Å². The van der Waals surface area contributed by atoms with E-state index in [1.165, 1.54) is 107 Å². The van der Waals surface area contributed by atoms with Gasteiger partial charge in [-0.3, -0.25) is 0 Å². The molecule has 0 amide bonds. The Morgan fingerprint density at radius 1 is 0.769 bits per heavy atom. The van der Waals surface area contributed by atoms with Crippen molar-refractivity contribution in [3.8, 4) is 5.75 Å². The molecule has 0 saturated carbocycles. The first kappa shape index (κ1) is 23.5. The Hall–Kier alpha value is -0.500. The molecule has 1 aromatic carbocycles. The third-order valence-electron chi connectivity index (χ3n) is 5.40. The number of aryl methyl sites for hydroxylation is 1. The summed E-state index contributed by atoms with van der Waals surface area (Å²) in [6, 6.07) is 5.70. The topological polar surface area (TPSA) is 20.2 Å². The summed E-state index contributed by atoms with van der Waals surface area (Å²) in [4.78, 5) is 0.417. The predicted octanol–water partition coefficient (Wildman–Crippen LogP) is 9.01. The van der Waals surface area contributed by atoms with Gasteiger partial charge >= 0.3 is 0 Å². The number of halogens is 1. The van der Waals surface area contributed by atoms with Crippen LogP contribution in [0.1, 0.15) is 119 Å². The molecule has 1 aromatic rings. The molecule has 0 heterocycles. The third kappa shape index (κ3) is 11.3. The summed E-state index contributed by atoms with van der Waals surface area (Å²) >= 11 is 3.82. The second kappa shape index (κ2) is 15.5. The van der Waals surface area contributed by atoms with E-state index in [0.717, 1.165) is 0 Å². The maximum absolute atomic E-state index is 9.51. The van der Waals surface area contributed by atoms with Gasteiger partial charge in [0.25, 0.3) is 0 Å². The molecule has 0 fully saturated rings. The van der Waals surface area contributed by atoms with E-state index in [0.29, 0.717) is 10.6 Å². The maximum atomic E-state index is 9.51. The van der Waals surface area contributed by atoms with Gasteiger partial charge in [-0.1, -0.05) is 119 Å². The minimum atomic E-state index is 0.363. The quantitative estimate of drug-likeness (QED) is 0.207. The Kier molecular flexibility index (Phi) is 14.1. The number of benzene rings is 1. The molecule has 0 radical (unpaired) electrons. The number of unbranched alkanes of at least 4 members (excludes halogenated alkanes) is 13. The van der Waals surface area contributed by atoms with Gasteiger partial charge < -0.3 is 5.11 Å². The molecule has 1 rings (SSSR count). The van der Waals surface area contributed by atoms with Crippen molar-refractivity contribution < 1.29 is 5.11 Å². The molecule has 0 aliphatic heterocycles. The summed E-state index contributed by atoms with van der Waals surface area (Å²) in [6.07, 6.45) is 20.9. The van der Waals surface area contributed by atoms with Gasteiger partial charge in [0.05, 0.1) is 0 Å². The lowest BCUT2D eigenvalue weighted by Crippen LogP contribution is -1.94. The number of alkyl halides is 1. The zero-order valence-corrected chi connectivity index (χ0v) is 18.8. The van der Waals surface area contributed by atoms with Crippen LogP contribution < -0.4 is 0 Å². The van der Waals surface area contributed by atoms with Crippen LogP contribution in [0.5, 0.6) is 5.75 Å². The van der Waals surface area contributed by atoms with E-state index >= 15 is 0 Å². The van der Waals surface area contributed by atoms with Crippen LogP contribution >= 0.6 is 15.9 Å². The molecular formula is C24H41BrO. The van der Waals surface area contributed by atoms with E-state index in [-0.39, 0.29) is 0 Å². The van der Waals surface area contributed by atoms with Gasteiger partial charge in [-0.2, -0.15) is 0 Å². The van der Waals surface area contributed by atoms with E-state index in [4.69, 9.17) is 0 Å². The number of hydrogen-bond acceptors (Lipinski definition) is 1. The highest BCUT2D eigenvalue weighted by molar-refractivity contribution is 9.09. The average molecular weight is 425 g/mol. The summed E-state index contributed by atoms with van der Waals surface area (Å²) in [7, 11) is 0. The van der Waals surface area contributed by atoms with E-state index in [2.05, 4.69) is 29.8 Å². The van der Waals surface area contributed by atoms with Crippen molar-refractivity contribution in [1.82, 2.24) is 0 Å². The fourth-order valence-corrected chi connectivity index (χ4v) is 4.52. The Bertz CT molecular complexity index is 458. The largest absolute Gasteiger partial charge is 0.508 e. The molecule has 0 bridgehead atoms. The fraction of sp³-hybridized carbons (Fsp3) is 0.750. The predicted molar refractivity (Wildman–Crippen MR) is 119 cm³/mol. The molecule has 1 atom stereocenters. The normalized spacial score (nSPS) is 12.4. The first-order valence-corrected chi connectivity index (χ1v) is 12.0. The van der Waals surface area contributed by atoms with Crippen molar-refractivity contribution in [2.45, 2.75) is 115 Å². The highest BCUT2D eigenvalue weighted by atomic mass is 79.9. The second-order valence-corrected chi connectivity index (χ2v) is 9.00. The van der Waals surface area contributed by atoms with Crippen LogP contribution in [-0.4, -0.2) is 5.11 Å². The standard InChI is InChI=1S/C24H41BrO/c1-3-4-5-6-7-8-9-10-11-12-13-14-15-16-17-24(25)23-19-18-22(26)20-21(23)2/h18-20,24,26H,3-17H2,1-2H3. The lowest BCUT2D eigenvalue weighted by Gasteiger charge is -2.13. The van der Waals surface area contributed by atoms with Crippen LogP contribution in [0.15, 0.2) is 18.2 Å². The highest BCUT2D eigenvalue weighted by Crippen LogP contribution is 2.32. The Morgan fingerprint density at radius 2 is 1.23 bits per heavy atom. The number of phenols is 1. The third-order valence-corrected chi connectivity index (χ3v) is 6.35. The number of phenolic OH excluding ortho intramolecular Hbond substituents is 1. The molecule has 0 saturated heterocycles. The van der Waals surface area contributed by atoms with Crippen molar-refractivity contribution in [2.24, 2.45) is 0 Å². The van der Waals surface area contributed by atoms with Crippen LogP contribution in [0.2, 0.25) is 0 Å². The van der Waals surface area contributed by atoms with Gasteiger partial charge in [-0.25, -0.2) is 0 Å². The molecule has 1 N–H and O–H groups in total. The summed E-state index contributed by atoms with van der Waals surface area (Å²) in [5, 5.41) is 9.51. The molecular weight excluding hydrogens is 384 g/mol. The van der Waals surface area contributed by atoms with Crippen LogP contribution in [0.25, 0.3) is 0 Å². The molecule has 2 heteroatoms.